The Morgan fingerprint density at radius 1 is 1.30 bits per heavy atom. The Hall–Kier alpha value is -3.26. The maximum absolute atomic E-state index is 13.0. The molecule has 1 N–H and O–H groups in total. The van der Waals surface area contributed by atoms with E-state index in [2.05, 4.69) is 15.3 Å². The number of rotatable bonds is 3. The van der Waals surface area contributed by atoms with Gasteiger partial charge in [0.05, 0.1) is 16.9 Å². The number of carbonyl (C=O) groups excluding carboxylic acids is 1. The summed E-state index contributed by atoms with van der Waals surface area (Å²) in [6.45, 7) is 3.65. The van der Waals surface area contributed by atoms with Crippen molar-refractivity contribution >= 4 is 34.0 Å². The van der Waals surface area contributed by atoms with E-state index in [-0.39, 0.29) is 22.2 Å². The van der Waals surface area contributed by atoms with E-state index in [1.54, 1.807) is 43.6 Å². The summed E-state index contributed by atoms with van der Waals surface area (Å²) < 4.78 is 6.83. The second kappa shape index (κ2) is 6.48. The van der Waals surface area contributed by atoms with Crippen molar-refractivity contribution in [1.82, 2.24) is 14.5 Å². The lowest BCUT2D eigenvalue weighted by molar-refractivity contribution is 0.102. The molecule has 4 heterocycles. The van der Waals surface area contributed by atoms with Gasteiger partial charge in [0, 0.05) is 29.1 Å². The summed E-state index contributed by atoms with van der Waals surface area (Å²) in [5.74, 6) is -0.0901. The minimum atomic E-state index is -0.433. The zero-order chi connectivity index (χ0) is 19.1. The van der Waals surface area contributed by atoms with Crippen LogP contribution in [-0.4, -0.2) is 20.4 Å². The highest BCUT2D eigenvalue weighted by Crippen LogP contribution is 2.30. The van der Waals surface area contributed by atoms with E-state index in [9.17, 15) is 9.59 Å². The Labute approximate surface area is 158 Å². The third-order valence-electron chi connectivity index (χ3n) is 4.24. The van der Waals surface area contributed by atoms with Gasteiger partial charge in [-0.15, -0.1) is 11.3 Å². The Kier molecular flexibility index (Phi) is 4.12. The number of aryl methyl sites for hydroxylation is 3. The quantitative estimate of drug-likeness (QED) is 0.587. The molecule has 0 radical (unpaired) electrons. The summed E-state index contributed by atoms with van der Waals surface area (Å²) in [5.41, 5.74) is 2.18. The highest BCUT2D eigenvalue weighted by atomic mass is 32.1. The number of carbonyl (C=O) groups is 1. The predicted molar refractivity (Wildman–Crippen MR) is 104 cm³/mol. The number of nitrogens with zero attached hydrogens (tertiary/aromatic N) is 3. The van der Waals surface area contributed by atoms with Gasteiger partial charge in [-0.3, -0.25) is 14.6 Å². The maximum Gasteiger partial charge on any atom is 0.265 e. The molecule has 0 fully saturated rings. The number of thiophene rings is 1. The summed E-state index contributed by atoms with van der Waals surface area (Å²) in [4.78, 5) is 35.1. The summed E-state index contributed by atoms with van der Waals surface area (Å²) in [5, 5.41) is 5.03. The van der Waals surface area contributed by atoms with Crippen molar-refractivity contribution in [2.24, 2.45) is 7.05 Å². The molecule has 4 aromatic heterocycles. The molecule has 4 rings (SSSR count). The second-order valence-electron chi connectivity index (χ2n) is 6.17. The van der Waals surface area contributed by atoms with Crippen LogP contribution in [0, 0.1) is 13.8 Å². The van der Waals surface area contributed by atoms with Crippen molar-refractivity contribution in [1.29, 1.82) is 0 Å². The molecule has 0 aliphatic heterocycles. The minimum absolute atomic E-state index is 0.153. The molecule has 136 valence electrons. The topological polar surface area (TPSA) is 90.0 Å². The van der Waals surface area contributed by atoms with Gasteiger partial charge in [-0.05, 0) is 32.0 Å². The predicted octanol–water partition coefficient (Wildman–Crippen LogP) is 3.52. The molecule has 0 unspecified atom stereocenters. The standard InChI is InChI=1S/C19H16N4O3S/c1-10-7-12(8-27-10)16-13(5-4-6-20-16)22-17(24)14-11(2)26-18-15(14)19(25)23(3)9-21-18/h4-9H,1-3H3,(H,22,24). The number of hydrogen-bond donors (Lipinski definition) is 1. The SMILES string of the molecule is Cc1cc(-c2ncccc2NC(=O)c2c(C)oc3ncn(C)c(=O)c23)cs1. The fraction of sp³-hybridized carbons (Fsp3) is 0.158. The number of hydrogen-bond acceptors (Lipinski definition) is 6. The minimum Gasteiger partial charge on any atom is -0.442 e. The van der Waals surface area contributed by atoms with Crippen molar-refractivity contribution in [2.45, 2.75) is 13.8 Å². The normalized spacial score (nSPS) is 11.1. The van der Waals surface area contributed by atoms with Crippen LogP contribution in [0.1, 0.15) is 21.0 Å². The van der Waals surface area contributed by atoms with Crippen LogP contribution < -0.4 is 10.9 Å². The van der Waals surface area contributed by atoms with E-state index >= 15 is 0 Å². The molecule has 1 amide bonds. The summed E-state index contributed by atoms with van der Waals surface area (Å²) >= 11 is 1.61. The number of anilines is 1. The monoisotopic (exact) mass is 380 g/mol. The second-order valence-corrected chi connectivity index (χ2v) is 7.29. The van der Waals surface area contributed by atoms with Crippen molar-refractivity contribution in [3.05, 3.63) is 62.7 Å². The molecule has 0 spiro atoms. The van der Waals surface area contributed by atoms with E-state index in [1.165, 1.54) is 10.9 Å². The molecule has 0 atom stereocenters. The van der Waals surface area contributed by atoms with Gasteiger partial charge in [-0.25, -0.2) is 4.98 Å². The van der Waals surface area contributed by atoms with Crippen molar-refractivity contribution in [3.63, 3.8) is 0 Å². The van der Waals surface area contributed by atoms with Crippen molar-refractivity contribution in [3.8, 4) is 11.3 Å². The Morgan fingerprint density at radius 3 is 2.85 bits per heavy atom. The number of fused-ring (bicyclic) bond motifs is 1. The van der Waals surface area contributed by atoms with Gasteiger partial charge in [0.25, 0.3) is 11.5 Å². The average molecular weight is 380 g/mol. The first kappa shape index (κ1) is 17.2. The zero-order valence-electron chi connectivity index (χ0n) is 14.9. The molecule has 8 heteroatoms. The van der Waals surface area contributed by atoms with Gasteiger partial charge in [-0.1, -0.05) is 0 Å². The van der Waals surface area contributed by atoms with Crippen LogP contribution >= 0.6 is 11.3 Å². The van der Waals surface area contributed by atoms with E-state index < -0.39 is 5.91 Å². The third kappa shape index (κ3) is 2.93. The first-order valence-corrected chi connectivity index (χ1v) is 9.10. The van der Waals surface area contributed by atoms with E-state index in [1.807, 2.05) is 18.4 Å². The van der Waals surface area contributed by atoms with Gasteiger partial charge < -0.3 is 14.3 Å². The van der Waals surface area contributed by atoms with Crippen LogP contribution in [0.5, 0.6) is 0 Å². The van der Waals surface area contributed by atoms with Crippen LogP contribution in [0.4, 0.5) is 5.69 Å². The molecule has 0 saturated heterocycles. The van der Waals surface area contributed by atoms with Crippen LogP contribution in [0.25, 0.3) is 22.4 Å². The molecule has 0 aliphatic carbocycles. The van der Waals surface area contributed by atoms with Gasteiger partial charge >= 0.3 is 0 Å². The fourth-order valence-corrected chi connectivity index (χ4v) is 3.64. The Balaban J connectivity index is 1.79. The summed E-state index contributed by atoms with van der Waals surface area (Å²) in [6, 6.07) is 5.54. The summed E-state index contributed by atoms with van der Waals surface area (Å²) in [7, 11) is 1.58. The van der Waals surface area contributed by atoms with E-state index in [0.717, 1.165) is 10.4 Å². The van der Waals surface area contributed by atoms with E-state index in [0.29, 0.717) is 17.1 Å². The lowest BCUT2D eigenvalue weighted by Gasteiger charge is -2.09. The van der Waals surface area contributed by atoms with Gasteiger partial charge in [0.15, 0.2) is 0 Å². The van der Waals surface area contributed by atoms with Crippen LogP contribution in [0.2, 0.25) is 0 Å². The highest BCUT2D eigenvalue weighted by molar-refractivity contribution is 7.10. The lowest BCUT2D eigenvalue weighted by atomic mass is 10.1. The Bertz CT molecular complexity index is 1240. The molecule has 27 heavy (non-hydrogen) atoms. The maximum atomic E-state index is 13.0. The van der Waals surface area contributed by atoms with E-state index in [4.69, 9.17) is 4.42 Å². The summed E-state index contributed by atoms with van der Waals surface area (Å²) in [6.07, 6.45) is 3.05. The molecule has 0 saturated carbocycles. The number of pyridine rings is 1. The van der Waals surface area contributed by atoms with Crippen LogP contribution in [0.3, 0.4) is 0 Å². The smallest absolute Gasteiger partial charge is 0.265 e. The number of nitrogens with one attached hydrogen (secondary N) is 1. The molecular weight excluding hydrogens is 364 g/mol. The Morgan fingerprint density at radius 2 is 2.11 bits per heavy atom. The molecular formula is C19H16N4O3S. The zero-order valence-corrected chi connectivity index (χ0v) is 15.8. The molecule has 7 nitrogen and oxygen atoms in total. The van der Waals surface area contributed by atoms with Crippen LogP contribution in [0.15, 0.2) is 45.3 Å². The first-order valence-electron chi connectivity index (χ1n) is 8.22. The largest absolute Gasteiger partial charge is 0.442 e. The first-order chi connectivity index (χ1) is 13.0. The van der Waals surface area contributed by atoms with Crippen molar-refractivity contribution < 1.29 is 9.21 Å². The third-order valence-corrected chi connectivity index (χ3v) is 5.10. The molecule has 0 aromatic carbocycles. The number of amides is 1. The lowest BCUT2D eigenvalue weighted by Crippen LogP contribution is -2.20. The molecule has 0 bridgehead atoms. The van der Waals surface area contributed by atoms with Crippen LogP contribution in [-0.2, 0) is 7.05 Å². The highest BCUT2D eigenvalue weighted by Gasteiger charge is 2.23. The average Bonchev–Trinajstić information content (AvgIpc) is 3.22. The molecule has 0 aliphatic rings. The fourth-order valence-electron chi connectivity index (χ4n) is 2.95. The number of furan rings is 1. The molecule has 4 aromatic rings. The van der Waals surface area contributed by atoms with Gasteiger partial charge in [0.2, 0.25) is 5.71 Å². The van der Waals surface area contributed by atoms with Gasteiger partial charge in [0.1, 0.15) is 17.5 Å². The number of aromatic nitrogens is 3. The van der Waals surface area contributed by atoms with Gasteiger partial charge in [-0.2, -0.15) is 0 Å². The van der Waals surface area contributed by atoms with Crippen molar-refractivity contribution in [2.75, 3.05) is 5.32 Å².